The first-order valence-corrected chi connectivity index (χ1v) is 16.0. The van der Waals surface area contributed by atoms with Crippen LogP contribution in [0, 0.1) is 0 Å². The Morgan fingerprint density at radius 1 is 1.22 bits per heavy atom. The molecule has 6 rings (SSSR count). The summed E-state index contributed by atoms with van der Waals surface area (Å²) in [6.07, 6.45) is -3.37. The molecule has 6 atom stereocenters. The van der Waals surface area contributed by atoms with Gasteiger partial charge in [0.1, 0.15) is 24.1 Å². The summed E-state index contributed by atoms with van der Waals surface area (Å²) in [7, 11) is -10.1. The van der Waals surface area contributed by atoms with Gasteiger partial charge in [0.05, 0.1) is 23.4 Å². The second kappa shape index (κ2) is 10.3. The monoisotopic (exact) mass is 627 g/mol. The maximum atomic E-state index is 13.1. The van der Waals surface area contributed by atoms with E-state index < -0.39 is 58.5 Å². The first kappa shape index (κ1) is 28.0. The van der Waals surface area contributed by atoms with E-state index in [0.717, 1.165) is 23.1 Å². The number of aliphatic hydroxyl groups is 2. The van der Waals surface area contributed by atoms with Crippen LogP contribution in [0.15, 0.2) is 30.5 Å². The van der Waals surface area contributed by atoms with Crippen LogP contribution in [0.4, 0.5) is 5.82 Å². The molecule has 20 heteroatoms. The lowest BCUT2D eigenvalue weighted by atomic mass is 10.1. The van der Waals surface area contributed by atoms with Crippen LogP contribution in [0.25, 0.3) is 11.0 Å². The molecule has 17 nitrogen and oxygen atoms in total. The predicted molar refractivity (Wildman–Crippen MR) is 140 cm³/mol. The molecule has 3 aromatic heterocycles. The van der Waals surface area contributed by atoms with Gasteiger partial charge in [-0.25, -0.2) is 13.1 Å². The summed E-state index contributed by atoms with van der Waals surface area (Å²) in [6, 6.07) is 7.96. The maximum absolute atomic E-state index is 13.1. The second-order valence-corrected chi connectivity index (χ2v) is 14.2. The van der Waals surface area contributed by atoms with E-state index in [4.69, 9.17) is 16.3 Å². The van der Waals surface area contributed by atoms with Gasteiger partial charge in [-0.1, -0.05) is 29.5 Å². The standard InChI is InChI=1S/C21H23ClN9O8PS/c22-21-25-16(24-12-6-5-9-3-1-2-4-10(9)12)11-7-23-31(18(11)26-21)19-15(33)14(32)13(39-19)8-41(37,38)20(40(34,35)36)17-27-29-30-28-17/h1-4,7,12-15,19-20,32-33H,5-6,8H2,(H,24,25,26)(H2,34,35,36)(H,27,28,29,30)/t12?,13-,14-,15-,19-,20?/m1/s1. The van der Waals surface area contributed by atoms with Gasteiger partial charge in [-0.2, -0.15) is 20.3 Å². The second-order valence-electron chi connectivity index (χ2n) is 9.69. The summed E-state index contributed by atoms with van der Waals surface area (Å²) in [5, 5.41) is 41.3. The molecule has 41 heavy (non-hydrogen) atoms. The Labute approximate surface area is 236 Å². The maximum Gasteiger partial charge on any atom is 0.351 e. The molecule has 6 N–H and O–H groups in total. The number of rotatable bonds is 8. The van der Waals surface area contributed by atoms with Gasteiger partial charge < -0.3 is 30.1 Å². The first-order chi connectivity index (χ1) is 19.4. The van der Waals surface area contributed by atoms with Gasteiger partial charge >= 0.3 is 7.60 Å². The van der Waals surface area contributed by atoms with Gasteiger partial charge in [0, 0.05) is 0 Å². The molecule has 1 aliphatic carbocycles. The molecule has 0 saturated carbocycles. The van der Waals surface area contributed by atoms with Crippen molar-refractivity contribution in [1.82, 2.24) is 40.4 Å². The molecular formula is C21H23ClN9O8PS. The Morgan fingerprint density at radius 2 is 2.00 bits per heavy atom. The number of aliphatic hydroxyl groups excluding tert-OH is 2. The number of hydrogen-bond donors (Lipinski definition) is 6. The fourth-order valence-electron chi connectivity index (χ4n) is 5.25. The molecule has 2 unspecified atom stereocenters. The molecule has 218 valence electrons. The van der Waals surface area contributed by atoms with Crippen LogP contribution in [-0.4, -0.2) is 92.9 Å². The van der Waals surface area contributed by atoms with E-state index in [9.17, 15) is 33.0 Å². The zero-order chi connectivity index (χ0) is 29.1. The van der Waals surface area contributed by atoms with Crippen molar-refractivity contribution in [2.75, 3.05) is 11.1 Å². The third-order valence-electron chi connectivity index (χ3n) is 7.07. The number of halogens is 1. The number of nitrogens with zero attached hydrogens (tertiary/aromatic N) is 7. The van der Waals surface area contributed by atoms with Crippen LogP contribution >= 0.6 is 19.2 Å². The molecule has 1 aliphatic heterocycles. The fourth-order valence-corrected chi connectivity index (χ4v) is 9.09. The third-order valence-corrected chi connectivity index (χ3v) is 11.6. The number of anilines is 1. The molecule has 1 aromatic carbocycles. The average Bonchev–Trinajstić information content (AvgIpc) is 3.69. The van der Waals surface area contributed by atoms with Crippen molar-refractivity contribution in [2.45, 2.75) is 48.4 Å². The molecule has 0 radical (unpaired) electrons. The van der Waals surface area contributed by atoms with Gasteiger partial charge in [-0.3, -0.25) is 4.57 Å². The van der Waals surface area contributed by atoms with E-state index in [1.54, 1.807) is 0 Å². The lowest BCUT2D eigenvalue weighted by molar-refractivity contribution is -0.0365. The Morgan fingerprint density at radius 3 is 2.73 bits per heavy atom. The van der Waals surface area contributed by atoms with E-state index in [1.807, 2.05) is 23.4 Å². The highest BCUT2D eigenvalue weighted by Gasteiger charge is 2.51. The number of benzene rings is 1. The van der Waals surface area contributed by atoms with E-state index in [0.29, 0.717) is 11.2 Å². The van der Waals surface area contributed by atoms with Crippen molar-refractivity contribution in [1.29, 1.82) is 0 Å². The van der Waals surface area contributed by atoms with Crippen LogP contribution < -0.4 is 5.32 Å². The number of nitrogens with one attached hydrogen (secondary N) is 2. The number of aryl methyl sites for hydroxylation is 1. The highest BCUT2D eigenvalue weighted by Crippen LogP contribution is 2.54. The van der Waals surface area contributed by atoms with E-state index in [-0.39, 0.29) is 17.0 Å². The van der Waals surface area contributed by atoms with Crippen LogP contribution in [-0.2, 0) is 25.6 Å². The fraction of sp³-hybridized carbons (Fsp3) is 0.429. The zero-order valence-electron chi connectivity index (χ0n) is 20.8. The molecule has 0 spiro atoms. The van der Waals surface area contributed by atoms with Gasteiger partial charge in [0.25, 0.3) is 0 Å². The van der Waals surface area contributed by atoms with Crippen molar-refractivity contribution in [3.63, 3.8) is 0 Å². The predicted octanol–water partition coefficient (Wildman–Crippen LogP) is 0.00270. The zero-order valence-corrected chi connectivity index (χ0v) is 23.2. The number of hydrogen-bond acceptors (Lipinski definition) is 13. The van der Waals surface area contributed by atoms with Gasteiger partial charge in [-0.05, 0) is 35.6 Å². The minimum atomic E-state index is -5.35. The van der Waals surface area contributed by atoms with Crippen molar-refractivity contribution in [2.24, 2.45) is 0 Å². The SMILES string of the molecule is O=P(O)(O)C(c1nn[nH]n1)S(=O)(=O)C[C@H]1O[C@@H](n2ncc3c(NC4CCc5ccccc54)nc(Cl)nc32)[C@H](O)[C@@H]1O. The smallest absolute Gasteiger partial charge is 0.351 e. The molecule has 4 aromatic rings. The number of aromatic amines is 1. The molecular weight excluding hydrogens is 605 g/mol. The summed E-state index contributed by atoms with van der Waals surface area (Å²) in [6.45, 7) is 0. The molecule has 0 amide bonds. The van der Waals surface area contributed by atoms with Gasteiger partial charge in [-0.15, -0.1) is 10.2 Å². The first-order valence-electron chi connectivity index (χ1n) is 12.2. The lowest BCUT2D eigenvalue weighted by Crippen LogP contribution is -2.36. The van der Waals surface area contributed by atoms with Crippen molar-refractivity contribution < 1.29 is 37.7 Å². The van der Waals surface area contributed by atoms with Crippen LogP contribution in [0.5, 0.6) is 0 Å². The molecule has 1 fully saturated rings. The topological polar surface area (TPSA) is 251 Å². The Balaban J connectivity index is 1.28. The largest absolute Gasteiger partial charge is 0.387 e. The normalized spacial score (nSPS) is 25.4. The lowest BCUT2D eigenvalue weighted by Gasteiger charge is -2.19. The molecule has 4 heterocycles. The summed E-state index contributed by atoms with van der Waals surface area (Å²) in [5.74, 6) is -1.46. The minimum Gasteiger partial charge on any atom is -0.387 e. The highest BCUT2D eigenvalue weighted by molar-refractivity contribution is 7.97. The number of fused-ring (bicyclic) bond motifs is 2. The average molecular weight is 628 g/mol. The van der Waals surface area contributed by atoms with Crippen LogP contribution in [0.1, 0.15) is 40.6 Å². The number of tetrazole rings is 1. The van der Waals surface area contributed by atoms with Crippen molar-refractivity contribution in [3.8, 4) is 0 Å². The van der Waals surface area contributed by atoms with Crippen molar-refractivity contribution in [3.05, 3.63) is 52.7 Å². The molecule has 1 saturated heterocycles. The van der Waals surface area contributed by atoms with Gasteiger partial charge in [0.15, 0.2) is 21.7 Å². The summed E-state index contributed by atoms with van der Waals surface area (Å²) in [5.41, 5.74) is 2.48. The Kier molecular flexibility index (Phi) is 7.06. The van der Waals surface area contributed by atoms with E-state index in [2.05, 4.69) is 41.9 Å². The number of sulfone groups is 1. The highest BCUT2D eigenvalue weighted by atomic mass is 35.5. The van der Waals surface area contributed by atoms with Gasteiger partial charge in [0.2, 0.25) is 16.1 Å². The number of H-pyrrole nitrogens is 1. The quantitative estimate of drug-likeness (QED) is 0.111. The third kappa shape index (κ3) is 5.10. The van der Waals surface area contributed by atoms with E-state index in [1.165, 1.54) is 11.8 Å². The Bertz CT molecular complexity index is 1750. The summed E-state index contributed by atoms with van der Waals surface area (Å²) < 4.78 is 45.0. The minimum absolute atomic E-state index is 0.0466. The van der Waals surface area contributed by atoms with Crippen molar-refractivity contribution >= 4 is 45.9 Å². The summed E-state index contributed by atoms with van der Waals surface area (Å²) >= 11 is 6.22. The number of aromatic nitrogens is 8. The Hall–Kier alpha value is -3.09. The number of ether oxygens (including phenoxy) is 1. The van der Waals surface area contributed by atoms with Crippen LogP contribution in [0.2, 0.25) is 5.28 Å². The molecule has 0 bridgehead atoms. The molecule has 2 aliphatic rings. The summed E-state index contributed by atoms with van der Waals surface area (Å²) in [4.78, 5) is 25.5. The van der Waals surface area contributed by atoms with E-state index >= 15 is 0 Å². The van der Waals surface area contributed by atoms with Crippen LogP contribution in [0.3, 0.4) is 0 Å².